The zero-order valence-electron chi connectivity index (χ0n) is 14.4. The molecule has 0 saturated carbocycles. The number of nitrogens with zero attached hydrogens (tertiary/aromatic N) is 1. The highest BCUT2D eigenvalue weighted by Crippen LogP contribution is 2.28. The van der Waals surface area contributed by atoms with Crippen molar-refractivity contribution in [3.05, 3.63) is 58.0 Å². The van der Waals surface area contributed by atoms with Crippen molar-refractivity contribution in [1.82, 2.24) is 4.90 Å². The lowest BCUT2D eigenvalue weighted by Gasteiger charge is -2.21. The van der Waals surface area contributed by atoms with Gasteiger partial charge < -0.3 is 18.8 Å². The maximum absolute atomic E-state index is 13.2. The lowest BCUT2D eigenvalue weighted by Crippen LogP contribution is -2.33. The molecule has 0 aliphatic rings. The molecule has 0 unspecified atom stereocenters. The second-order valence-corrected chi connectivity index (χ2v) is 6.67. The third-order valence-corrected chi connectivity index (χ3v) is 4.82. The maximum atomic E-state index is 13.2. The van der Waals surface area contributed by atoms with Crippen molar-refractivity contribution in [2.24, 2.45) is 0 Å². The summed E-state index contributed by atoms with van der Waals surface area (Å²) in [5.41, 5.74) is 1.48. The number of furan rings is 1. The average Bonchev–Trinajstić information content (AvgIpc) is 3.26. The largest absolute Gasteiger partial charge is 0.451 e. The molecule has 0 bridgehead atoms. The van der Waals surface area contributed by atoms with Gasteiger partial charge in [0.2, 0.25) is 0 Å². The summed E-state index contributed by atoms with van der Waals surface area (Å²) in [5.74, 6) is 0.199. The van der Waals surface area contributed by atoms with Crippen LogP contribution < -0.4 is 0 Å². The molecule has 25 heavy (non-hydrogen) atoms. The molecule has 3 aromatic rings. The Bertz CT molecular complexity index is 825. The molecule has 1 aromatic carbocycles. The Labute approximate surface area is 150 Å². The summed E-state index contributed by atoms with van der Waals surface area (Å²) >= 11 is 1.63. The molecule has 0 radical (unpaired) electrons. The van der Waals surface area contributed by atoms with E-state index in [1.54, 1.807) is 30.5 Å². The topological polar surface area (TPSA) is 51.9 Å². The molecule has 0 aliphatic carbocycles. The molecule has 1 amide bonds. The quantitative estimate of drug-likeness (QED) is 0.611. The first-order valence-electron chi connectivity index (χ1n) is 8.04. The van der Waals surface area contributed by atoms with E-state index in [4.69, 9.17) is 13.9 Å². The Hall–Kier alpha value is -2.15. The zero-order chi connectivity index (χ0) is 17.6. The summed E-state index contributed by atoms with van der Waals surface area (Å²) in [6, 6.07) is 11.6. The number of rotatable bonds is 8. The number of amides is 1. The van der Waals surface area contributed by atoms with Gasteiger partial charge in [0.1, 0.15) is 5.58 Å². The molecule has 0 fully saturated rings. The van der Waals surface area contributed by atoms with Crippen LogP contribution in [0.15, 0.2) is 46.2 Å². The van der Waals surface area contributed by atoms with E-state index in [2.05, 4.69) is 0 Å². The highest BCUT2D eigenvalue weighted by atomic mass is 32.1. The van der Waals surface area contributed by atoms with E-state index in [0.717, 1.165) is 15.8 Å². The Kier molecular flexibility index (Phi) is 5.86. The summed E-state index contributed by atoms with van der Waals surface area (Å²) in [7, 11) is 3.25. The van der Waals surface area contributed by atoms with Crippen molar-refractivity contribution < 1.29 is 18.7 Å². The predicted molar refractivity (Wildman–Crippen MR) is 97.9 cm³/mol. The Morgan fingerprint density at radius 2 is 2.00 bits per heavy atom. The van der Waals surface area contributed by atoms with Crippen molar-refractivity contribution in [1.29, 1.82) is 0 Å². The minimum absolute atomic E-state index is 0.145. The summed E-state index contributed by atoms with van der Waals surface area (Å²) in [4.78, 5) is 16.0. The number of hydrogen-bond acceptors (Lipinski definition) is 5. The molecule has 5 nitrogen and oxygen atoms in total. The maximum Gasteiger partial charge on any atom is 0.290 e. The van der Waals surface area contributed by atoms with Crippen LogP contribution in [0.4, 0.5) is 0 Å². The molecule has 132 valence electrons. The molecule has 0 saturated heterocycles. The van der Waals surface area contributed by atoms with Crippen LogP contribution >= 0.6 is 11.3 Å². The molecular formula is C19H21NO4S. The first kappa shape index (κ1) is 17.7. The highest BCUT2D eigenvalue weighted by molar-refractivity contribution is 7.09. The van der Waals surface area contributed by atoms with Crippen molar-refractivity contribution in [3.8, 4) is 0 Å². The number of ether oxygens (including phenoxy) is 2. The van der Waals surface area contributed by atoms with Crippen LogP contribution in [0.3, 0.4) is 0 Å². The van der Waals surface area contributed by atoms with Gasteiger partial charge >= 0.3 is 0 Å². The lowest BCUT2D eigenvalue weighted by atomic mass is 10.1. The Morgan fingerprint density at radius 3 is 2.72 bits per heavy atom. The van der Waals surface area contributed by atoms with Crippen LogP contribution in [0.2, 0.25) is 0 Å². The SMILES string of the molecule is COCCN(Cc1cccs1)C(=O)c1oc2ccccc2c1COC. The fraction of sp³-hybridized carbons (Fsp3) is 0.316. The van der Waals surface area contributed by atoms with Crippen LogP contribution in [0.1, 0.15) is 21.0 Å². The summed E-state index contributed by atoms with van der Waals surface area (Å²) < 4.78 is 16.4. The van der Waals surface area contributed by atoms with Gasteiger partial charge in [-0.25, -0.2) is 0 Å². The number of methoxy groups -OCH3 is 2. The normalized spacial score (nSPS) is 11.1. The van der Waals surface area contributed by atoms with E-state index in [0.29, 0.717) is 37.6 Å². The van der Waals surface area contributed by atoms with E-state index >= 15 is 0 Å². The zero-order valence-corrected chi connectivity index (χ0v) is 15.2. The fourth-order valence-corrected chi connectivity index (χ4v) is 3.47. The molecule has 0 aliphatic heterocycles. The molecule has 2 heterocycles. The fourth-order valence-electron chi connectivity index (χ4n) is 2.75. The van der Waals surface area contributed by atoms with E-state index in [1.165, 1.54) is 0 Å². The van der Waals surface area contributed by atoms with Crippen molar-refractivity contribution >= 4 is 28.2 Å². The molecule has 0 spiro atoms. The van der Waals surface area contributed by atoms with Crippen LogP contribution in [-0.4, -0.2) is 38.2 Å². The number of para-hydroxylation sites is 1. The first-order valence-corrected chi connectivity index (χ1v) is 8.92. The van der Waals surface area contributed by atoms with Crippen LogP contribution in [-0.2, 0) is 22.6 Å². The molecule has 0 N–H and O–H groups in total. The number of benzene rings is 1. The molecule has 0 atom stereocenters. The van der Waals surface area contributed by atoms with Crippen LogP contribution in [0.25, 0.3) is 11.0 Å². The second kappa shape index (κ2) is 8.29. The van der Waals surface area contributed by atoms with Gasteiger partial charge in [0.05, 0.1) is 19.8 Å². The van der Waals surface area contributed by atoms with Crippen molar-refractivity contribution in [2.75, 3.05) is 27.4 Å². The van der Waals surface area contributed by atoms with Crippen molar-refractivity contribution in [2.45, 2.75) is 13.2 Å². The van der Waals surface area contributed by atoms with Gasteiger partial charge in [-0.3, -0.25) is 4.79 Å². The van der Waals surface area contributed by atoms with E-state index in [-0.39, 0.29) is 5.91 Å². The monoisotopic (exact) mass is 359 g/mol. The minimum atomic E-state index is -0.145. The molecule has 2 aromatic heterocycles. The van der Waals surface area contributed by atoms with Gasteiger partial charge in [-0.2, -0.15) is 0 Å². The second-order valence-electron chi connectivity index (χ2n) is 5.64. The molecule has 3 rings (SSSR count). The average molecular weight is 359 g/mol. The van der Waals surface area contributed by atoms with Gasteiger partial charge in [-0.15, -0.1) is 11.3 Å². The van der Waals surface area contributed by atoms with Crippen LogP contribution in [0.5, 0.6) is 0 Å². The summed E-state index contributed by atoms with van der Waals surface area (Å²) in [6.07, 6.45) is 0. The van der Waals surface area contributed by atoms with E-state index in [9.17, 15) is 4.79 Å². The third-order valence-electron chi connectivity index (χ3n) is 3.96. The van der Waals surface area contributed by atoms with Gasteiger partial charge in [0, 0.05) is 36.6 Å². The van der Waals surface area contributed by atoms with Gasteiger partial charge in [0.15, 0.2) is 5.76 Å². The standard InChI is InChI=1S/C19H21NO4S/c1-22-10-9-20(12-14-6-5-11-25-14)19(21)18-16(13-23-2)15-7-3-4-8-17(15)24-18/h3-8,11H,9-10,12-13H2,1-2H3. The van der Waals surface area contributed by atoms with Crippen LogP contribution in [0, 0.1) is 0 Å². The van der Waals surface area contributed by atoms with Gasteiger partial charge in [-0.1, -0.05) is 24.3 Å². The minimum Gasteiger partial charge on any atom is -0.451 e. The highest BCUT2D eigenvalue weighted by Gasteiger charge is 2.25. The van der Waals surface area contributed by atoms with Crippen molar-refractivity contribution in [3.63, 3.8) is 0 Å². The van der Waals surface area contributed by atoms with Gasteiger partial charge in [0.25, 0.3) is 5.91 Å². The number of fused-ring (bicyclic) bond motifs is 1. The smallest absolute Gasteiger partial charge is 0.290 e. The summed E-state index contributed by atoms with van der Waals surface area (Å²) in [5, 5.41) is 2.92. The molecule has 6 heteroatoms. The third kappa shape index (κ3) is 3.92. The number of carbonyl (C=O) groups excluding carboxylic acids is 1. The van der Waals surface area contributed by atoms with E-state index in [1.807, 2.05) is 41.8 Å². The Balaban J connectivity index is 1.95. The number of hydrogen-bond donors (Lipinski definition) is 0. The summed E-state index contributed by atoms with van der Waals surface area (Å²) in [6.45, 7) is 1.83. The predicted octanol–water partition coefficient (Wildman–Crippen LogP) is 3.93. The first-order chi connectivity index (χ1) is 12.2. The molecular weight excluding hydrogens is 338 g/mol. The lowest BCUT2D eigenvalue weighted by molar-refractivity contribution is 0.0647. The van der Waals surface area contributed by atoms with Gasteiger partial charge in [-0.05, 0) is 17.5 Å². The number of thiophene rings is 1. The van der Waals surface area contributed by atoms with E-state index < -0.39 is 0 Å². The number of carbonyl (C=O) groups is 1. The Morgan fingerprint density at radius 1 is 1.16 bits per heavy atom.